The molecule has 1 aliphatic rings. The number of unbranched alkanes of at least 4 members (excludes halogenated alkanes) is 22. The fourth-order valence-electron chi connectivity index (χ4n) is 6.64. The first-order valence-electron chi connectivity index (χ1n) is 21.5. The van der Waals surface area contributed by atoms with Crippen molar-refractivity contribution in [3.8, 4) is 0 Å². The minimum Gasteiger partial charge on any atom is -0.457 e. The van der Waals surface area contributed by atoms with Crippen molar-refractivity contribution in [2.75, 3.05) is 19.8 Å². The molecule has 0 aromatic heterocycles. The lowest BCUT2D eigenvalue weighted by Gasteiger charge is -2.41. The Morgan fingerprint density at radius 3 is 1.50 bits per heavy atom. The predicted octanol–water partition coefficient (Wildman–Crippen LogP) is 7.97. The maximum atomic E-state index is 12.8. The van der Waals surface area contributed by atoms with Gasteiger partial charge in [-0.25, -0.2) is 4.57 Å². The Kier molecular flexibility index (Phi) is 31.3. The highest BCUT2D eigenvalue weighted by atomic mass is 31.2. The number of ether oxygens (including phenoxy) is 2. The van der Waals surface area contributed by atoms with Crippen molar-refractivity contribution >= 4 is 13.8 Å². The van der Waals surface area contributed by atoms with Gasteiger partial charge >= 0.3 is 13.8 Å². The molecule has 6 unspecified atom stereocenters. The summed E-state index contributed by atoms with van der Waals surface area (Å²) in [6, 6.07) is 0. The molecular weight excluding hydrogens is 715 g/mol. The Morgan fingerprint density at radius 1 is 0.574 bits per heavy atom. The van der Waals surface area contributed by atoms with E-state index in [4.69, 9.17) is 18.5 Å². The van der Waals surface area contributed by atoms with Gasteiger partial charge in [-0.3, -0.25) is 13.8 Å². The van der Waals surface area contributed by atoms with Crippen molar-refractivity contribution in [1.29, 1.82) is 0 Å². The summed E-state index contributed by atoms with van der Waals surface area (Å²) in [6.07, 6.45) is 21.4. The number of phosphoric acid groups is 1. The molecule has 0 saturated heterocycles. The van der Waals surface area contributed by atoms with Gasteiger partial charge in [-0.2, -0.15) is 0 Å². The molecule has 13 heteroatoms. The second-order valence-corrected chi connectivity index (χ2v) is 16.6. The zero-order valence-corrected chi connectivity index (χ0v) is 34.7. The van der Waals surface area contributed by atoms with Crippen LogP contribution >= 0.6 is 7.82 Å². The largest absolute Gasteiger partial charge is 0.472 e. The third-order valence-corrected chi connectivity index (χ3v) is 11.1. The molecule has 0 aromatic rings. The SMILES string of the molecule is CCCCC/C=C\CCCCCCCC(=O)OC(COCCCCCCCCCCCCCCCCC)COP(=O)(O)OC1C(O)C(O)C(O)C(O)C1O. The molecule has 1 aliphatic carbocycles. The van der Waals surface area contributed by atoms with E-state index >= 15 is 0 Å². The molecule has 0 spiro atoms. The number of carbonyl (C=O) groups excluding carboxylic acids is 1. The normalized spacial score (nSPS) is 23.5. The molecule has 0 aliphatic heterocycles. The summed E-state index contributed by atoms with van der Waals surface area (Å²) < 4.78 is 34.1. The number of hydrogen-bond donors (Lipinski definition) is 6. The zero-order chi connectivity index (χ0) is 39.9. The Balaban J connectivity index is 2.42. The van der Waals surface area contributed by atoms with E-state index in [0.29, 0.717) is 13.0 Å². The van der Waals surface area contributed by atoms with Crippen molar-refractivity contribution < 1.29 is 58.3 Å². The van der Waals surface area contributed by atoms with Crippen molar-refractivity contribution in [1.82, 2.24) is 0 Å². The lowest BCUT2D eigenvalue weighted by molar-refractivity contribution is -0.220. The van der Waals surface area contributed by atoms with Crippen LogP contribution in [0.2, 0.25) is 0 Å². The topological polar surface area (TPSA) is 192 Å². The molecule has 12 nitrogen and oxygen atoms in total. The van der Waals surface area contributed by atoms with Crippen molar-refractivity contribution in [3.05, 3.63) is 12.2 Å². The number of carbonyl (C=O) groups is 1. The molecule has 54 heavy (non-hydrogen) atoms. The molecule has 0 amide bonds. The number of phosphoric ester groups is 1. The molecule has 1 rings (SSSR count). The van der Waals surface area contributed by atoms with Crippen LogP contribution in [0.5, 0.6) is 0 Å². The average molecular weight is 795 g/mol. The Hall–Kier alpha value is -0.920. The van der Waals surface area contributed by atoms with Crippen LogP contribution in [0.15, 0.2) is 12.2 Å². The van der Waals surface area contributed by atoms with Crippen LogP contribution in [-0.2, 0) is 27.9 Å². The molecule has 6 atom stereocenters. The number of aliphatic hydroxyl groups is 5. The summed E-state index contributed by atoms with van der Waals surface area (Å²) >= 11 is 0. The molecule has 0 aromatic carbocycles. The van der Waals surface area contributed by atoms with E-state index < -0.39 is 63.1 Å². The van der Waals surface area contributed by atoms with E-state index in [0.717, 1.165) is 57.8 Å². The van der Waals surface area contributed by atoms with E-state index in [2.05, 4.69) is 26.0 Å². The highest BCUT2D eigenvalue weighted by Crippen LogP contribution is 2.47. The van der Waals surface area contributed by atoms with Crippen molar-refractivity contribution in [2.45, 2.75) is 224 Å². The maximum Gasteiger partial charge on any atom is 0.472 e. The lowest BCUT2D eigenvalue weighted by atomic mass is 9.85. The van der Waals surface area contributed by atoms with Gasteiger partial charge in [0, 0.05) is 13.0 Å². The Morgan fingerprint density at radius 2 is 0.981 bits per heavy atom. The Labute approximate surface area is 327 Å². The molecule has 1 saturated carbocycles. The minimum atomic E-state index is -5.01. The summed E-state index contributed by atoms with van der Waals surface area (Å²) in [6.45, 7) is 4.23. The highest BCUT2D eigenvalue weighted by Gasteiger charge is 2.51. The molecule has 1 fully saturated rings. The van der Waals surface area contributed by atoms with E-state index in [1.807, 2.05) is 0 Å². The van der Waals surface area contributed by atoms with Crippen LogP contribution in [0.4, 0.5) is 0 Å². The van der Waals surface area contributed by atoms with Crippen LogP contribution in [0.1, 0.15) is 181 Å². The maximum absolute atomic E-state index is 12.8. The van der Waals surface area contributed by atoms with Crippen LogP contribution in [0.25, 0.3) is 0 Å². The van der Waals surface area contributed by atoms with Gasteiger partial charge in [0.25, 0.3) is 0 Å². The summed E-state index contributed by atoms with van der Waals surface area (Å²) in [5, 5.41) is 50.0. The van der Waals surface area contributed by atoms with Gasteiger partial charge in [0.05, 0.1) is 13.2 Å². The molecular formula is C41H79O12P. The van der Waals surface area contributed by atoms with Crippen molar-refractivity contribution in [3.63, 3.8) is 0 Å². The van der Waals surface area contributed by atoms with E-state index in [1.165, 1.54) is 96.3 Å². The third-order valence-electron chi connectivity index (χ3n) is 10.1. The molecule has 6 N–H and O–H groups in total. The first kappa shape index (κ1) is 51.1. The first-order valence-corrected chi connectivity index (χ1v) is 23.0. The van der Waals surface area contributed by atoms with Crippen LogP contribution in [-0.4, -0.2) is 98.9 Å². The van der Waals surface area contributed by atoms with E-state index in [9.17, 15) is 39.8 Å². The predicted molar refractivity (Wildman–Crippen MR) is 212 cm³/mol. The smallest absolute Gasteiger partial charge is 0.457 e. The van der Waals surface area contributed by atoms with Gasteiger partial charge in [0.15, 0.2) is 0 Å². The third kappa shape index (κ3) is 25.4. The quantitative estimate of drug-likeness (QED) is 0.0155. The molecule has 320 valence electrons. The molecule has 0 bridgehead atoms. The lowest BCUT2D eigenvalue weighted by Crippen LogP contribution is -2.64. The van der Waals surface area contributed by atoms with Crippen molar-refractivity contribution in [2.24, 2.45) is 0 Å². The monoisotopic (exact) mass is 795 g/mol. The van der Waals surface area contributed by atoms with Gasteiger partial charge < -0.3 is 39.9 Å². The second kappa shape index (κ2) is 33.1. The van der Waals surface area contributed by atoms with Crippen LogP contribution in [0.3, 0.4) is 0 Å². The van der Waals surface area contributed by atoms with Gasteiger partial charge in [-0.1, -0.05) is 148 Å². The second-order valence-electron chi connectivity index (χ2n) is 15.2. The number of allylic oxidation sites excluding steroid dienone is 2. The number of hydrogen-bond acceptors (Lipinski definition) is 11. The Bertz CT molecular complexity index is 952. The fourth-order valence-corrected chi connectivity index (χ4v) is 7.62. The van der Waals surface area contributed by atoms with Gasteiger partial charge in [-0.05, 0) is 38.5 Å². The fraction of sp³-hybridized carbons (Fsp3) is 0.927. The number of rotatable bonds is 36. The van der Waals surface area contributed by atoms with Gasteiger partial charge in [0.2, 0.25) is 0 Å². The number of aliphatic hydroxyl groups excluding tert-OH is 5. The van der Waals surface area contributed by atoms with E-state index in [1.54, 1.807) is 0 Å². The average Bonchev–Trinajstić information content (AvgIpc) is 3.15. The minimum absolute atomic E-state index is 0.0748. The summed E-state index contributed by atoms with van der Waals surface area (Å²) in [4.78, 5) is 23.0. The van der Waals surface area contributed by atoms with E-state index in [-0.39, 0.29) is 13.0 Å². The standard InChI is InChI=1S/C41H79O12P/c1-3-5-7-9-11-13-15-17-18-19-21-23-25-27-29-31-50-32-34(52-35(42)30-28-26-24-22-20-16-14-12-10-8-6-4-2)33-51-54(48,49)53-41-39(46)37(44)36(43)38(45)40(41)47/h12,14,34,36-41,43-47H,3-11,13,15-33H2,1-2H3,(H,48,49)/b14-12-. The first-order chi connectivity index (χ1) is 26.0. The molecule has 0 heterocycles. The highest BCUT2D eigenvalue weighted by molar-refractivity contribution is 7.47. The van der Waals surface area contributed by atoms with Crippen LogP contribution < -0.4 is 0 Å². The number of esters is 1. The molecule has 0 radical (unpaired) electrons. The summed E-state index contributed by atoms with van der Waals surface area (Å²) in [5.74, 6) is -0.485. The zero-order valence-electron chi connectivity index (χ0n) is 33.8. The summed E-state index contributed by atoms with van der Waals surface area (Å²) in [5.41, 5.74) is 0. The summed E-state index contributed by atoms with van der Waals surface area (Å²) in [7, 11) is -5.01. The van der Waals surface area contributed by atoms with Crippen LogP contribution in [0, 0.1) is 0 Å². The van der Waals surface area contributed by atoms with Gasteiger partial charge in [0.1, 0.15) is 42.7 Å². The van der Waals surface area contributed by atoms with Gasteiger partial charge in [-0.15, -0.1) is 0 Å².